The van der Waals surface area contributed by atoms with Gasteiger partial charge in [0.25, 0.3) is 0 Å². The molecule has 1 saturated heterocycles. The molecule has 6 nitrogen and oxygen atoms in total. The quantitative estimate of drug-likeness (QED) is 0.786. The van der Waals surface area contributed by atoms with Gasteiger partial charge in [0.05, 0.1) is 6.54 Å². The van der Waals surface area contributed by atoms with E-state index in [0.29, 0.717) is 5.69 Å². The molecule has 1 aromatic carbocycles. The second kappa shape index (κ2) is 9.56. The van der Waals surface area contributed by atoms with E-state index in [1.807, 2.05) is 0 Å². The van der Waals surface area contributed by atoms with Gasteiger partial charge in [0.1, 0.15) is 5.82 Å². The fraction of sp³-hybridized carbons (Fsp3) is 0.500. The topological polar surface area (TPSA) is 78.7 Å². The van der Waals surface area contributed by atoms with Crippen molar-refractivity contribution < 1.29 is 14.0 Å². The molecule has 0 unspecified atom stereocenters. The van der Waals surface area contributed by atoms with Crippen molar-refractivity contribution in [3.63, 3.8) is 0 Å². The van der Waals surface area contributed by atoms with Gasteiger partial charge in [-0.3, -0.25) is 14.5 Å². The summed E-state index contributed by atoms with van der Waals surface area (Å²) in [6.45, 7) is 4.99. The normalized spacial score (nSPS) is 17.8. The molecule has 8 heteroatoms. The van der Waals surface area contributed by atoms with Gasteiger partial charge in [0, 0.05) is 44.3 Å². The van der Waals surface area contributed by atoms with E-state index in [2.05, 4.69) is 17.1 Å². The second-order valence-electron chi connectivity index (χ2n) is 5.76. The number of rotatable bonds is 6. The number of primary amides is 1. The van der Waals surface area contributed by atoms with Crippen molar-refractivity contribution in [3.05, 3.63) is 30.1 Å². The average molecular weight is 359 g/mol. The van der Waals surface area contributed by atoms with Crippen LogP contribution in [-0.4, -0.2) is 55.5 Å². The minimum absolute atomic E-state index is 0. The van der Waals surface area contributed by atoms with Crippen LogP contribution >= 0.6 is 12.4 Å². The average Bonchev–Trinajstić information content (AvgIpc) is 2.51. The first-order valence-corrected chi connectivity index (χ1v) is 7.76. The van der Waals surface area contributed by atoms with E-state index < -0.39 is 5.91 Å². The van der Waals surface area contributed by atoms with Crippen LogP contribution in [0.15, 0.2) is 24.3 Å². The molecular weight excluding hydrogens is 335 g/mol. The molecule has 0 aliphatic carbocycles. The Bertz CT molecular complexity index is 556. The molecule has 0 saturated carbocycles. The zero-order chi connectivity index (χ0) is 16.8. The maximum atomic E-state index is 13.1. The molecule has 0 radical (unpaired) electrons. The summed E-state index contributed by atoms with van der Waals surface area (Å²) in [5.74, 6) is -0.959. The zero-order valence-electron chi connectivity index (χ0n) is 13.7. The molecule has 1 aromatic rings. The molecular formula is C16H24ClFN4O2. The summed E-state index contributed by atoms with van der Waals surface area (Å²) >= 11 is 0. The Kier molecular flexibility index (Phi) is 8.10. The summed E-state index contributed by atoms with van der Waals surface area (Å²) in [5.41, 5.74) is 5.76. The molecule has 1 heterocycles. The number of hydrogen-bond acceptors (Lipinski definition) is 4. The summed E-state index contributed by atoms with van der Waals surface area (Å²) in [5, 5.41) is 3.28. The van der Waals surface area contributed by atoms with Crippen molar-refractivity contribution in [2.45, 2.75) is 19.4 Å². The summed E-state index contributed by atoms with van der Waals surface area (Å²) in [4.78, 5) is 27.3. The minimum atomic E-state index is -0.472. The van der Waals surface area contributed by atoms with Crippen LogP contribution in [-0.2, 0) is 9.59 Å². The molecule has 1 aliphatic rings. The number of nitrogens with zero attached hydrogens (tertiary/aromatic N) is 2. The fourth-order valence-electron chi connectivity index (χ4n) is 2.62. The lowest BCUT2D eigenvalue weighted by Gasteiger charge is -2.35. The number of carbonyl (C=O) groups excluding carboxylic acids is 2. The highest BCUT2D eigenvalue weighted by Gasteiger charge is 2.24. The van der Waals surface area contributed by atoms with Gasteiger partial charge in [0.15, 0.2) is 0 Å². The van der Waals surface area contributed by atoms with E-state index >= 15 is 0 Å². The zero-order valence-corrected chi connectivity index (χ0v) is 14.5. The fourth-order valence-corrected chi connectivity index (χ4v) is 2.62. The second-order valence-corrected chi connectivity index (χ2v) is 5.76. The third-order valence-electron chi connectivity index (χ3n) is 4.00. The Hall–Kier alpha value is -1.70. The highest BCUT2D eigenvalue weighted by molar-refractivity contribution is 5.95. The van der Waals surface area contributed by atoms with E-state index in [9.17, 15) is 14.0 Å². The van der Waals surface area contributed by atoms with Gasteiger partial charge in [-0.25, -0.2) is 4.39 Å². The van der Waals surface area contributed by atoms with Crippen LogP contribution in [0, 0.1) is 5.82 Å². The van der Waals surface area contributed by atoms with Crippen molar-refractivity contribution in [1.82, 2.24) is 10.2 Å². The number of anilines is 1. The lowest BCUT2D eigenvalue weighted by molar-refractivity contribution is -0.120. The molecule has 2 rings (SSSR count). The van der Waals surface area contributed by atoms with E-state index in [-0.39, 0.29) is 49.7 Å². The van der Waals surface area contributed by atoms with Gasteiger partial charge in [-0.15, -0.1) is 12.4 Å². The molecule has 0 spiro atoms. The summed E-state index contributed by atoms with van der Waals surface area (Å²) < 4.78 is 13.1. The lowest BCUT2D eigenvalue weighted by Crippen LogP contribution is -2.53. The molecule has 1 aliphatic heterocycles. The molecule has 3 N–H and O–H groups in total. The number of piperazine rings is 1. The highest BCUT2D eigenvalue weighted by Crippen LogP contribution is 2.16. The Labute approximate surface area is 147 Å². The van der Waals surface area contributed by atoms with Crippen LogP contribution in [0.5, 0.6) is 0 Å². The molecule has 1 fully saturated rings. The summed E-state index contributed by atoms with van der Waals surface area (Å²) in [7, 11) is 0. The molecule has 1 atom stereocenters. The van der Waals surface area contributed by atoms with Crippen LogP contribution in [0.3, 0.4) is 0 Å². The van der Waals surface area contributed by atoms with E-state index in [4.69, 9.17) is 5.73 Å². The predicted octanol–water partition coefficient (Wildman–Crippen LogP) is 0.750. The first kappa shape index (κ1) is 20.3. The van der Waals surface area contributed by atoms with Crippen LogP contribution < -0.4 is 16.0 Å². The largest absolute Gasteiger partial charge is 0.370 e. The minimum Gasteiger partial charge on any atom is -0.370 e. The van der Waals surface area contributed by atoms with Crippen molar-refractivity contribution in [1.29, 1.82) is 0 Å². The Morgan fingerprint density at radius 1 is 1.38 bits per heavy atom. The van der Waals surface area contributed by atoms with Gasteiger partial charge in [-0.05, 0) is 31.2 Å². The van der Waals surface area contributed by atoms with Gasteiger partial charge in [-0.2, -0.15) is 0 Å². The third kappa shape index (κ3) is 5.74. The smallest absolute Gasteiger partial charge is 0.241 e. The van der Waals surface area contributed by atoms with E-state index in [1.165, 1.54) is 29.2 Å². The van der Waals surface area contributed by atoms with Crippen molar-refractivity contribution in [2.75, 3.05) is 37.6 Å². The van der Waals surface area contributed by atoms with Crippen molar-refractivity contribution in [3.8, 4) is 0 Å². The maximum Gasteiger partial charge on any atom is 0.241 e. The molecule has 0 aromatic heterocycles. The van der Waals surface area contributed by atoms with Crippen molar-refractivity contribution in [2.24, 2.45) is 5.73 Å². The van der Waals surface area contributed by atoms with E-state index in [0.717, 1.165) is 19.6 Å². The molecule has 2 amide bonds. The van der Waals surface area contributed by atoms with Gasteiger partial charge in [-0.1, -0.05) is 0 Å². The van der Waals surface area contributed by atoms with Gasteiger partial charge < -0.3 is 16.0 Å². The standard InChI is InChI=1S/C16H23FN4O2.ClH/c1-12-10-19-7-9-20(12)11-16(23)21(8-6-15(18)22)14-4-2-13(17)3-5-14;/h2-5,12,19H,6-11H2,1H3,(H2,18,22);1H/t12-;/m1./s1. The number of halogens is 2. The maximum absolute atomic E-state index is 13.1. The summed E-state index contributed by atoms with van der Waals surface area (Å²) in [6, 6.07) is 5.93. The molecule has 0 bridgehead atoms. The number of benzene rings is 1. The molecule has 134 valence electrons. The monoisotopic (exact) mass is 358 g/mol. The number of nitrogens with one attached hydrogen (secondary N) is 1. The molecule has 24 heavy (non-hydrogen) atoms. The van der Waals surface area contributed by atoms with Crippen molar-refractivity contribution >= 4 is 29.9 Å². The van der Waals surface area contributed by atoms with Crippen LogP contribution in [0.1, 0.15) is 13.3 Å². The number of amides is 2. The van der Waals surface area contributed by atoms with Crippen LogP contribution in [0.2, 0.25) is 0 Å². The van der Waals surface area contributed by atoms with E-state index in [1.54, 1.807) is 0 Å². The first-order chi connectivity index (χ1) is 11.0. The Morgan fingerprint density at radius 2 is 2.04 bits per heavy atom. The third-order valence-corrected chi connectivity index (χ3v) is 4.00. The number of nitrogens with two attached hydrogens (primary N) is 1. The van der Waals surface area contributed by atoms with Gasteiger partial charge in [0.2, 0.25) is 11.8 Å². The van der Waals surface area contributed by atoms with Crippen LogP contribution in [0.25, 0.3) is 0 Å². The van der Waals surface area contributed by atoms with Crippen LogP contribution in [0.4, 0.5) is 10.1 Å². The Balaban J connectivity index is 0.00000288. The SMILES string of the molecule is C[C@@H]1CNCCN1CC(=O)N(CCC(N)=O)c1ccc(F)cc1.Cl. The predicted molar refractivity (Wildman–Crippen MR) is 93.7 cm³/mol. The lowest BCUT2D eigenvalue weighted by atomic mass is 10.2. The van der Waals surface area contributed by atoms with Gasteiger partial charge >= 0.3 is 0 Å². The first-order valence-electron chi connectivity index (χ1n) is 7.76. The Morgan fingerprint density at radius 3 is 2.62 bits per heavy atom. The number of carbonyl (C=O) groups is 2. The number of hydrogen-bond donors (Lipinski definition) is 2. The highest BCUT2D eigenvalue weighted by atomic mass is 35.5. The summed E-state index contributed by atoms with van der Waals surface area (Å²) in [6.07, 6.45) is 0.0697.